The molecule has 2 N–H and O–H groups in total. The number of aromatic amines is 1. The maximum Gasteiger partial charge on any atom is 0.405 e. The number of ether oxygens (including phenoxy) is 1. The highest BCUT2D eigenvalue weighted by Crippen LogP contribution is 2.36. The summed E-state index contributed by atoms with van der Waals surface area (Å²) in [7, 11) is 0. The van der Waals surface area contributed by atoms with E-state index in [9.17, 15) is 18.0 Å². The predicted octanol–water partition coefficient (Wildman–Crippen LogP) is 3.36. The molecule has 1 saturated heterocycles. The number of alkyl halides is 3. The highest BCUT2D eigenvalue weighted by molar-refractivity contribution is 7.21. The second kappa shape index (κ2) is 8.02. The Morgan fingerprint density at radius 2 is 2.06 bits per heavy atom. The maximum atomic E-state index is 12.5. The van der Waals surface area contributed by atoms with E-state index in [4.69, 9.17) is 9.72 Å². The third kappa shape index (κ3) is 3.98. The van der Waals surface area contributed by atoms with Gasteiger partial charge >= 0.3 is 6.18 Å². The summed E-state index contributed by atoms with van der Waals surface area (Å²) in [4.78, 5) is 24.0. The van der Waals surface area contributed by atoms with Crippen LogP contribution >= 0.6 is 11.3 Å². The SMILES string of the molecule is O=C(NCC(F)(F)F)c1cc2nc(-c3cccc4[nH]ncc34)nc(N3CCOCC3)c2s1. The van der Waals surface area contributed by atoms with E-state index in [-0.39, 0.29) is 4.88 Å². The normalized spacial score (nSPS) is 14.9. The van der Waals surface area contributed by atoms with Gasteiger partial charge in [0.15, 0.2) is 11.6 Å². The molecule has 0 bridgehead atoms. The topological polar surface area (TPSA) is 96.0 Å². The lowest BCUT2D eigenvalue weighted by Gasteiger charge is -2.28. The number of H-pyrrole nitrogens is 1. The van der Waals surface area contributed by atoms with E-state index in [0.717, 1.165) is 27.8 Å². The summed E-state index contributed by atoms with van der Waals surface area (Å²) in [5.74, 6) is 0.288. The van der Waals surface area contributed by atoms with Crippen LogP contribution in [0.2, 0.25) is 0 Å². The van der Waals surface area contributed by atoms with Crippen LogP contribution in [0.4, 0.5) is 19.0 Å². The molecule has 0 aliphatic carbocycles. The number of amides is 1. The molecule has 0 atom stereocenters. The Hall–Kier alpha value is -3.25. The number of carbonyl (C=O) groups is 1. The first kappa shape index (κ1) is 20.6. The Morgan fingerprint density at radius 3 is 2.84 bits per heavy atom. The Bertz CT molecular complexity index is 1300. The fraction of sp³-hybridized carbons (Fsp3) is 0.300. The van der Waals surface area contributed by atoms with Crippen molar-refractivity contribution in [1.29, 1.82) is 0 Å². The largest absolute Gasteiger partial charge is 0.405 e. The van der Waals surface area contributed by atoms with Gasteiger partial charge in [-0.15, -0.1) is 11.3 Å². The Labute approximate surface area is 183 Å². The molecule has 0 spiro atoms. The lowest BCUT2D eigenvalue weighted by atomic mass is 10.1. The van der Waals surface area contributed by atoms with Gasteiger partial charge in [-0.2, -0.15) is 18.3 Å². The molecule has 1 fully saturated rings. The van der Waals surface area contributed by atoms with Crippen molar-refractivity contribution in [2.24, 2.45) is 0 Å². The third-order valence-corrected chi connectivity index (χ3v) is 6.18. The zero-order chi connectivity index (χ0) is 22.3. The van der Waals surface area contributed by atoms with Gasteiger partial charge in [0.25, 0.3) is 5.91 Å². The van der Waals surface area contributed by atoms with Gasteiger partial charge in [0.05, 0.1) is 40.0 Å². The maximum absolute atomic E-state index is 12.5. The predicted molar refractivity (Wildman–Crippen MR) is 114 cm³/mol. The summed E-state index contributed by atoms with van der Waals surface area (Å²) in [5.41, 5.74) is 2.10. The molecule has 1 aromatic carbocycles. The summed E-state index contributed by atoms with van der Waals surface area (Å²) < 4.78 is 43.7. The number of halogens is 3. The van der Waals surface area contributed by atoms with Gasteiger partial charge in [0.2, 0.25) is 0 Å². The Balaban J connectivity index is 1.61. The molecule has 5 rings (SSSR count). The molecule has 1 amide bonds. The molecule has 0 unspecified atom stereocenters. The van der Waals surface area contributed by atoms with Crippen molar-refractivity contribution >= 4 is 44.2 Å². The second-order valence-corrected chi connectivity index (χ2v) is 8.28. The number of morpholine rings is 1. The zero-order valence-corrected chi connectivity index (χ0v) is 17.4. The fourth-order valence-electron chi connectivity index (χ4n) is 3.57. The summed E-state index contributed by atoms with van der Waals surface area (Å²) in [5, 5.41) is 9.76. The van der Waals surface area contributed by atoms with Crippen molar-refractivity contribution in [2.45, 2.75) is 6.18 Å². The molecule has 12 heteroatoms. The quantitative estimate of drug-likeness (QED) is 0.483. The van der Waals surface area contributed by atoms with Gasteiger partial charge in [-0.3, -0.25) is 9.89 Å². The molecular weight excluding hydrogens is 445 g/mol. The van der Waals surface area contributed by atoms with Crippen LogP contribution in [0.15, 0.2) is 30.5 Å². The van der Waals surface area contributed by atoms with Crippen molar-refractivity contribution in [1.82, 2.24) is 25.5 Å². The van der Waals surface area contributed by atoms with Gasteiger partial charge < -0.3 is 15.0 Å². The van der Waals surface area contributed by atoms with Crippen LogP contribution in [-0.4, -0.2) is 65.1 Å². The molecular formula is C20H17F3N6O2S. The van der Waals surface area contributed by atoms with E-state index < -0.39 is 18.6 Å². The molecule has 8 nitrogen and oxygen atoms in total. The van der Waals surface area contributed by atoms with Crippen molar-refractivity contribution < 1.29 is 22.7 Å². The van der Waals surface area contributed by atoms with E-state index in [2.05, 4.69) is 15.2 Å². The molecule has 32 heavy (non-hydrogen) atoms. The number of carbonyl (C=O) groups excluding carboxylic acids is 1. The number of hydrogen-bond acceptors (Lipinski definition) is 7. The zero-order valence-electron chi connectivity index (χ0n) is 16.6. The van der Waals surface area contributed by atoms with E-state index in [0.29, 0.717) is 48.2 Å². The van der Waals surface area contributed by atoms with Crippen LogP contribution in [0.1, 0.15) is 9.67 Å². The number of aromatic nitrogens is 4. The minimum Gasteiger partial charge on any atom is -0.378 e. The highest BCUT2D eigenvalue weighted by atomic mass is 32.1. The number of anilines is 1. The standard InChI is InChI=1S/C20H17F3N6O2S/c21-20(22,23)10-24-19(30)15-8-14-16(32-15)18(29-4-6-31-7-5-29)27-17(26-14)11-2-1-3-13-12(11)9-25-28-13/h1-3,8-9H,4-7,10H2,(H,24,30)(H,25,28). The number of nitrogens with zero attached hydrogens (tertiary/aromatic N) is 4. The van der Waals surface area contributed by atoms with Gasteiger partial charge in [-0.25, -0.2) is 9.97 Å². The Kier molecular flexibility index (Phi) is 5.18. The number of hydrogen-bond donors (Lipinski definition) is 2. The molecule has 0 saturated carbocycles. The second-order valence-electron chi connectivity index (χ2n) is 7.23. The Morgan fingerprint density at radius 1 is 1.25 bits per heavy atom. The monoisotopic (exact) mass is 462 g/mol. The van der Waals surface area contributed by atoms with E-state index in [1.807, 2.05) is 28.4 Å². The van der Waals surface area contributed by atoms with Crippen molar-refractivity contribution in [2.75, 3.05) is 37.7 Å². The fourth-order valence-corrected chi connectivity index (χ4v) is 4.60. The van der Waals surface area contributed by atoms with E-state index in [1.54, 1.807) is 6.20 Å². The first-order valence-corrected chi connectivity index (χ1v) is 10.6. The van der Waals surface area contributed by atoms with Crippen LogP contribution in [0.5, 0.6) is 0 Å². The summed E-state index contributed by atoms with van der Waals surface area (Å²) in [6.07, 6.45) is -2.79. The average molecular weight is 462 g/mol. The molecule has 4 heterocycles. The summed E-state index contributed by atoms with van der Waals surface area (Å²) >= 11 is 1.08. The van der Waals surface area contributed by atoms with Crippen molar-refractivity contribution in [3.05, 3.63) is 35.3 Å². The number of nitrogens with one attached hydrogen (secondary N) is 2. The summed E-state index contributed by atoms with van der Waals surface area (Å²) in [6, 6.07) is 7.14. The number of thiophene rings is 1. The van der Waals surface area contributed by atoms with Gasteiger partial charge in [0.1, 0.15) is 6.54 Å². The number of rotatable bonds is 4. The smallest absolute Gasteiger partial charge is 0.378 e. The van der Waals surface area contributed by atoms with Crippen molar-refractivity contribution in [3.8, 4) is 11.4 Å². The van der Waals surface area contributed by atoms with Crippen LogP contribution in [-0.2, 0) is 4.74 Å². The number of benzene rings is 1. The van der Waals surface area contributed by atoms with E-state index >= 15 is 0 Å². The van der Waals surface area contributed by atoms with Gasteiger partial charge in [-0.05, 0) is 12.1 Å². The van der Waals surface area contributed by atoms with Crippen LogP contribution in [0, 0.1) is 0 Å². The number of fused-ring (bicyclic) bond motifs is 2. The molecule has 3 aromatic heterocycles. The first-order chi connectivity index (χ1) is 15.4. The van der Waals surface area contributed by atoms with Crippen LogP contribution < -0.4 is 10.2 Å². The minimum absolute atomic E-state index is 0.145. The van der Waals surface area contributed by atoms with Crippen LogP contribution in [0.25, 0.3) is 32.5 Å². The average Bonchev–Trinajstić information content (AvgIpc) is 3.43. The first-order valence-electron chi connectivity index (χ1n) is 9.81. The lowest BCUT2D eigenvalue weighted by Crippen LogP contribution is -2.36. The van der Waals surface area contributed by atoms with Gasteiger partial charge in [-0.1, -0.05) is 12.1 Å². The molecule has 0 radical (unpaired) electrons. The molecule has 166 valence electrons. The highest BCUT2D eigenvalue weighted by Gasteiger charge is 2.29. The van der Waals surface area contributed by atoms with Crippen molar-refractivity contribution in [3.63, 3.8) is 0 Å². The van der Waals surface area contributed by atoms with Crippen LogP contribution in [0.3, 0.4) is 0 Å². The molecule has 1 aliphatic heterocycles. The summed E-state index contributed by atoms with van der Waals surface area (Å²) in [6.45, 7) is 0.880. The molecule has 4 aromatic rings. The van der Waals surface area contributed by atoms with E-state index in [1.165, 1.54) is 6.07 Å². The third-order valence-electron chi connectivity index (χ3n) is 5.06. The van der Waals surface area contributed by atoms with Gasteiger partial charge in [0, 0.05) is 24.0 Å². The molecule has 1 aliphatic rings. The lowest BCUT2D eigenvalue weighted by molar-refractivity contribution is -0.123. The minimum atomic E-state index is -4.48.